The van der Waals surface area contributed by atoms with Gasteiger partial charge in [0.1, 0.15) is 0 Å². The molecule has 0 unspecified atom stereocenters. The lowest BCUT2D eigenvalue weighted by Crippen LogP contribution is -2.67. The molecule has 0 aliphatic carbocycles. The van der Waals surface area contributed by atoms with Crippen molar-refractivity contribution in [3.8, 4) is 0 Å². The Hall–Kier alpha value is -11.2. The highest BCUT2D eigenvalue weighted by Gasteiger charge is 2.51. The van der Waals surface area contributed by atoms with Crippen molar-refractivity contribution in [3.63, 3.8) is 0 Å². The third kappa shape index (κ3) is 7.92. The summed E-state index contributed by atoms with van der Waals surface area (Å²) in [5.41, 5.74) is 30.4. The molecule has 0 saturated carbocycles. The van der Waals surface area contributed by atoms with E-state index >= 15 is 0 Å². The summed E-state index contributed by atoms with van der Waals surface area (Å²) < 4.78 is 0. The van der Waals surface area contributed by atoms with E-state index in [2.05, 4.69) is 359 Å². The standard InChI is InChI=1S/C80H58B2N6/c1-55-75-79(87(63-43-23-9-24-44-63)73-53-65(83(57-31-11-3-12-32-57)58-33-13-4-14-34-58)51-71-77(73)81(75)67-47-27-29-49-69(67)85(71)61-39-19-7-20-40-61)56(2)80-76(55)82-68-48-28-30-50-70(68)86(62-41-21-8-22-42-62)72-52-66(54-74(78(72)82)88(80)64-45-25-10-26-46-64)84(59-35-15-5-16-36-59)60-37-17-6-18-38-60/h3-54H,1-2H3. The fourth-order valence-corrected chi connectivity index (χ4v) is 15.0. The number of para-hydroxylation sites is 10. The van der Waals surface area contributed by atoms with Gasteiger partial charge in [-0.2, -0.15) is 0 Å². The molecule has 13 aromatic carbocycles. The molecule has 88 heavy (non-hydrogen) atoms. The Bertz CT molecular complexity index is 4410. The Labute approximate surface area is 515 Å². The van der Waals surface area contributed by atoms with Gasteiger partial charge in [0.25, 0.3) is 13.4 Å². The highest BCUT2D eigenvalue weighted by Crippen LogP contribution is 2.54. The van der Waals surface area contributed by atoms with Crippen LogP contribution >= 0.6 is 0 Å². The first kappa shape index (κ1) is 51.2. The molecule has 4 aliphatic heterocycles. The number of nitrogens with zero attached hydrogens (tertiary/aromatic N) is 6. The molecule has 0 aromatic heterocycles. The lowest BCUT2D eigenvalue weighted by Gasteiger charge is -2.49. The summed E-state index contributed by atoms with van der Waals surface area (Å²) in [4.78, 5) is 15.2. The van der Waals surface area contributed by atoms with Crippen LogP contribution in [0.15, 0.2) is 315 Å². The molecule has 0 spiro atoms. The van der Waals surface area contributed by atoms with E-state index in [4.69, 9.17) is 0 Å². The van der Waals surface area contributed by atoms with E-state index in [-0.39, 0.29) is 13.4 Å². The summed E-state index contributed by atoms with van der Waals surface area (Å²) in [5, 5.41) is 0. The first-order chi connectivity index (χ1) is 43.6. The maximum Gasteiger partial charge on any atom is 0.252 e. The summed E-state index contributed by atoms with van der Waals surface area (Å²) in [6.07, 6.45) is 0. The molecule has 0 atom stereocenters. The average molecular weight is 1130 g/mol. The van der Waals surface area contributed by atoms with E-state index in [9.17, 15) is 0 Å². The molecule has 6 nitrogen and oxygen atoms in total. The topological polar surface area (TPSA) is 19.4 Å². The van der Waals surface area contributed by atoms with Gasteiger partial charge in [0.2, 0.25) is 0 Å². The van der Waals surface area contributed by atoms with Gasteiger partial charge in [-0.15, -0.1) is 0 Å². The van der Waals surface area contributed by atoms with Crippen LogP contribution in [-0.4, -0.2) is 13.4 Å². The van der Waals surface area contributed by atoms with E-state index in [1.807, 2.05) is 0 Å². The van der Waals surface area contributed by atoms with Crippen molar-refractivity contribution in [1.82, 2.24) is 0 Å². The third-order valence-corrected chi connectivity index (χ3v) is 18.4. The monoisotopic (exact) mass is 1120 g/mol. The van der Waals surface area contributed by atoms with Gasteiger partial charge in [0.15, 0.2) is 0 Å². The molecule has 0 fully saturated rings. The number of benzene rings is 13. The van der Waals surface area contributed by atoms with Gasteiger partial charge in [0.05, 0.1) is 11.4 Å². The third-order valence-electron chi connectivity index (χ3n) is 18.4. The second-order valence-electron chi connectivity index (χ2n) is 23.3. The lowest BCUT2D eigenvalue weighted by atomic mass is 9.29. The Morgan fingerprint density at radius 2 is 0.477 bits per heavy atom. The maximum absolute atomic E-state index is 2.63. The molecular formula is C80H58B2N6. The van der Waals surface area contributed by atoms with Gasteiger partial charge >= 0.3 is 0 Å². The second kappa shape index (κ2) is 20.8. The SMILES string of the molecule is Cc1c2c(c(C)c3c1B1c4ccccc4N(c4ccccc4)c4cc(N(c5ccccc5)c5ccccc5)cc(c41)N3c1ccccc1)N(c1ccccc1)c1cc(N(c3ccccc3)c3ccccc3)cc3c1B2c1ccccc1N3c1ccccc1. The zero-order valence-corrected chi connectivity index (χ0v) is 48.9. The molecule has 0 saturated heterocycles. The predicted octanol–water partition coefficient (Wildman–Crippen LogP) is 17.4. The smallest absolute Gasteiger partial charge is 0.252 e. The molecule has 0 amide bonds. The summed E-state index contributed by atoms with van der Waals surface area (Å²) in [6, 6.07) is 116. The highest BCUT2D eigenvalue weighted by atomic mass is 15.2. The zero-order valence-electron chi connectivity index (χ0n) is 48.9. The van der Waals surface area contributed by atoms with Gasteiger partial charge in [0, 0.05) is 91.0 Å². The van der Waals surface area contributed by atoms with Crippen LogP contribution in [0.4, 0.5) is 102 Å². The van der Waals surface area contributed by atoms with E-state index in [1.165, 1.54) is 66.7 Å². The normalized spacial score (nSPS) is 13.0. The minimum absolute atomic E-state index is 0.158. The van der Waals surface area contributed by atoms with E-state index in [0.29, 0.717) is 0 Å². The van der Waals surface area contributed by atoms with Gasteiger partial charge in [-0.25, -0.2) is 0 Å². The molecule has 0 bridgehead atoms. The minimum atomic E-state index is -0.158. The van der Waals surface area contributed by atoms with Crippen LogP contribution in [0.3, 0.4) is 0 Å². The fraction of sp³-hybridized carbons (Fsp3) is 0.0250. The van der Waals surface area contributed by atoms with Crippen molar-refractivity contribution in [1.29, 1.82) is 0 Å². The highest BCUT2D eigenvalue weighted by molar-refractivity contribution is 7.03. The van der Waals surface area contributed by atoms with Gasteiger partial charge in [-0.3, -0.25) is 0 Å². The van der Waals surface area contributed by atoms with Crippen molar-refractivity contribution >= 4 is 149 Å². The minimum Gasteiger partial charge on any atom is -0.311 e. The second-order valence-corrected chi connectivity index (χ2v) is 23.3. The van der Waals surface area contributed by atoms with Gasteiger partial charge in [-0.1, -0.05) is 188 Å². The first-order valence-corrected chi connectivity index (χ1v) is 30.5. The van der Waals surface area contributed by atoms with Gasteiger partial charge < -0.3 is 29.4 Å². The maximum atomic E-state index is 2.63. The molecule has 0 N–H and O–H groups in total. The largest absolute Gasteiger partial charge is 0.311 e. The summed E-state index contributed by atoms with van der Waals surface area (Å²) >= 11 is 0. The van der Waals surface area contributed by atoms with Crippen LogP contribution in [0.25, 0.3) is 0 Å². The average Bonchev–Trinajstić information content (AvgIpc) is 0.745. The van der Waals surface area contributed by atoms with E-state index in [0.717, 1.165) is 79.6 Å². The molecule has 13 aromatic rings. The number of hydrogen-bond donors (Lipinski definition) is 0. The molecule has 414 valence electrons. The fourth-order valence-electron chi connectivity index (χ4n) is 15.0. The molecule has 4 aliphatic rings. The Morgan fingerprint density at radius 3 is 0.784 bits per heavy atom. The van der Waals surface area contributed by atoms with Crippen molar-refractivity contribution in [2.24, 2.45) is 0 Å². The van der Waals surface area contributed by atoms with Gasteiger partial charge in [-0.05, 0) is 186 Å². The quantitative estimate of drug-likeness (QED) is 0.126. The van der Waals surface area contributed by atoms with Crippen molar-refractivity contribution in [3.05, 3.63) is 327 Å². The van der Waals surface area contributed by atoms with E-state index < -0.39 is 0 Å². The molecular weight excluding hydrogens is 1070 g/mol. The van der Waals surface area contributed by atoms with Crippen molar-refractivity contribution in [2.75, 3.05) is 29.4 Å². The van der Waals surface area contributed by atoms with Crippen LogP contribution in [0, 0.1) is 13.8 Å². The van der Waals surface area contributed by atoms with Crippen LogP contribution < -0.4 is 62.2 Å². The van der Waals surface area contributed by atoms with Crippen molar-refractivity contribution < 1.29 is 0 Å². The number of anilines is 18. The number of hydrogen-bond acceptors (Lipinski definition) is 6. The molecule has 0 radical (unpaired) electrons. The summed E-state index contributed by atoms with van der Waals surface area (Å²) in [5.74, 6) is 0. The molecule has 8 heteroatoms. The Kier molecular flexibility index (Phi) is 12.1. The first-order valence-electron chi connectivity index (χ1n) is 30.5. The molecule has 17 rings (SSSR count). The Morgan fingerprint density at radius 1 is 0.227 bits per heavy atom. The van der Waals surface area contributed by atoms with Crippen LogP contribution in [0.2, 0.25) is 0 Å². The Balaban J connectivity index is 1.02. The van der Waals surface area contributed by atoms with Crippen LogP contribution in [0.5, 0.6) is 0 Å². The van der Waals surface area contributed by atoms with Crippen molar-refractivity contribution in [2.45, 2.75) is 13.8 Å². The predicted molar refractivity (Wildman–Crippen MR) is 373 cm³/mol. The van der Waals surface area contributed by atoms with Crippen LogP contribution in [0.1, 0.15) is 11.1 Å². The summed E-state index contributed by atoms with van der Waals surface area (Å²) in [7, 11) is 0. The lowest BCUT2D eigenvalue weighted by molar-refractivity contribution is 1.19. The van der Waals surface area contributed by atoms with Crippen LogP contribution in [-0.2, 0) is 0 Å². The zero-order chi connectivity index (χ0) is 58.4. The summed E-state index contributed by atoms with van der Waals surface area (Å²) in [6.45, 7) is 4.56. The molecule has 4 heterocycles. The van der Waals surface area contributed by atoms with E-state index in [1.54, 1.807) is 0 Å². The number of rotatable bonds is 10. The number of fused-ring (bicyclic) bond motifs is 8.